The largest absolute Gasteiger partial charge is 0.459 e. The number of hydrogen-bond acceptors (Lipinski definition) is 3. The highest BCUT2D eigenvalue weighted by Gasteiger charge is 2.18. The molecule has 4 aromatic rings. The van der Waals surface area contributed by atoms with E-state index < -0.39 is 0 Å². The van der Waals surface area contributed by atoms with Crippen LogP contribution in [0.5, 0.6) is 0 Å². The Bertz CT molecular complexity index is 1150. The van der Waals surface area contributed by atoms with E-state index in [-0.39, 0.29) is 23.6 Å². The Balaban J connectivity index is 1.50. The molecule has 4 rings (SSSR count). The van der Waals surface area contributed by atoms with Crippen LogP contribution in [0.3, 0.4) is 0 Å². The van der Waals surface area contributed by atoms with Gasteiger partial charge in [0, 0.05) is 11.3 Å². The Morgan fingerprint density at radius 1 is 0.742 bits per heavy atom. The fraction of sp³-hybridized carbons (Fsp3) is 0.0769. The summed E-state index contributed by atoms with van der Waals surface area (Å²) in [5.74, 6) is -0.310. The Hall–Kier alpha value is -4.12. The van der Waals surface area contributed by atoms with E-state index in [1.807, 2.05) is 61.5 Å². The molecular weight excluding hydrogens is 388 g/mol. The van der Waals surface area contributed by atoms with Gasteiger partial charge in [-0.05, 0) is 54.4 Å². The third kappa shape index (κ3) is 4.90. The van der Waals surface area contributed by atoms with E-state index >= 15 is 0 Å². The van der Waals surface area contributed by atoms with Crippen LogP contribution in [-0.2, 0) is 0 Å². The smallest absolute Gasteiger partial charge is 0.291 e. The van der Waals surface area contributed by atoms with Gasteiger partial charge >= 0.3 is 0 Å². The zero-order valence-electron chi connectivity index (χ0n) is 17.0. The number of benzene rings is 3. The summed E-state index contributed by atoms with van der Waals surface area (Å²) in [6.07, 6.45) is 1.44. The summed E-state index contributed by atoms with van der Waals surface area (Å²) in [6, 6.07) is 27.7. The molecule has 0 saturated heterocycles. The molecule has 31 heavy (non-hydrogen) atoms. The first kappa shape index (κ1) is 20.2. The standard InChI is InChI=1S/C26H22N2O3/c1-18-9-11-20(12-10-18)24(19-6-3-2-4-7-19)28-25(29)21-13-15-22(16-14-21)27-26(30)23-8-5-17-31-23/h2-17,24H,1H3,(H,27,30)(H,28,29)/t24-/m0/s1. The van der Waals surface area contributed by atoms with E-state index in [0.717, 1.165) is 16.7 Å². The van der Waals surface area contributed by atoms with Gasteiger partial charge in [0.25, 0.3) is 11.8 Å². The molecule has 5 heteroatoms. The molecule has 0 aliphatic carbocycles. The molecule has 0 aliphatic rings. The number of furan rings is 1. The predicted octanol–water partition coefficient (Wildman–Crippen LogP) is 5.36. The highest BCUT2D eigenvalue weighted by molar-refractivity contribution is 6.02. The minimum absolute atomic E-state index is 0.196. The van der Waals surface area contributed by atoms with E-state index in [1.54, 1.807) is 36.4 Å². The van der Waals surface area contributed by atoms with Crippen LogP contribution in [0.25, 0.3) is 0 Å². The maximum absolute atomic E-state index is 13.0. The van der Waals surface area contributed by atoms with Gasteiger partial charge in [0.05, 0.1) is 12.3 Å². The molecule has 0 fully saturated rings. The fourth-order valence-electron chi connectivity index (χ4n) is 3.28. The van der Waals surface area contributed by atoms with Gasteiger partial charge in [0.1, 0.15) is 0 Å². The van der Waals surface area contributed by atoms with E-state index in [2.05, 4.69) is 10.6 Å². The summed E-state index contributed by atoms with van der Waals surface area (Å²) in [7, 11) is 0. The zero-order chi connectivity index (χ0) is 21.6. The Labute approximate surface area is 180 Å². The van der Waals surface area contributed by atoms with Gasteiger partial charge in [0.15, 0.2) is 5.76 Å². The molecule has 0 spiro atoms. The van der Waals surface area contributed by atoms with Gasteiger partial charge in [0.2, 0.25) is 0 Å². The lowest BCUT2D eigenvalue weighted by atomic mass is 9.97. The van der Waals surface area contributed by atoms with E-state index in [0.29, 0.717) is 11.3 Å². The van der Waals surface area contributed by atoms with Crippen LogP contribution in [-0.4, -0.2) is 11.8 Å². The van der Waals surface area contributed by atoms with E-state index in [9.17, 15) is 9.59 Å². The normalized spacial score (nSPS) is 11.5. The SMILES string of the molecule is Cc1ccc([C@@H](NC(=O)c2ccc(NC(=O)c3ccco3)cc2)c2ccccc2)cc1. The molecule has 3 aromatic carbocycles. The van der Waals surface area contributed by atoms with Crippen LogP contribution in [0.2, 0.25) is 0 Å². The Morgan fingerprint density at radius 3 is 2.06 bits per heavy atom. The van der Waals surface area contributed by atoms with Crippen molar-refractivity contribution in [1.82, 2.24) is 5.32 Å². The Morgan fingerprint density at radius 2 is 1.42 bits per heavy atom. The summed E-state index contributed by atoms with van der Waals surface area (Å²) >= 11 is 0. The van der Waals surface area contributed by atoms with Crippen molar-refractivity contribution in [3.8, 4) is 0 Å². The number of rotatable bonds is 6. The highest BCUT2D eigenvalue weighted by atomic mass is 16.3. The third-order valence-electron chi connectivity index (χ3n) is 4.97. The predicted molar refractivity (Wildman–Crippen MR) is 120 cm³/mol. The number of hydrogen-bond donors (Lipinski definition) is 2. The van der Waals surface area contributed by atoms with Crippen LogP contribution in [0.15, 0.2) is 102 Å². The molecular formula is C26H22N2O3. The number of amides is 2. The second-order valence-corrected chi connectivity index (χ2v) is 7.24. The van der Waals surface area contributed by atoms with E-state index in [1.165, 1.54) is 6.26 Å². The molecule has 0 bridgehead atoms. The van der Waals surface area contributed by atoms with Crippen molar-refractivity contribution in [2.24, 2.45) is 0 Å². The summed E-state index contributed by atoms with van der Waals surface area (Å²) in [5, 5.41) is 5.87. The number of carbonyl (C=O) groups excluding carboxylic acids is 2. The van der Waals surface area contributed by atoms with Gasteiger partial charge in [-0.3, -0.25) is 9.59 Å². The first-order valence-electron chi connectivity index (χ1n) is 9.97. The monoisotopic (exact) mass is 410 g/mol. The minimum Gasteiger partial charge on any atom is -0.459 e. The average molecular weight is 410 g/mol. The zero-order valence-corrected chi connectivity index (χ0v) is 17.0. The van der Waals surface area contributed by atoms with Crippen molar-refractivity contribution in [1.29, 1.82) is 0 Å². The number of nitrogens with one attached hydrogen (secondary N) is 2. The third-order valence-corrected chi connectivity index (χ3v) is 4.97. The number of aryl methyl sites for hydroxylation is 1. The molecule has 2 amide bonds. The maximum Gasteiger partial charge on any atom is 0.291 e. The summed E-state index contributed by atoms with van der Waals surface area (Å²) in [4.78, 5) is 25.1. The molecule has 2 N–H and O–H groups in total. The van der Waals surface area contributed by atoms with Crippen molar-refractivity contribution >= 4 is 17.5 Å². The van der Waals surface area contributed by atoms with Crippen LogP contribution in [0.4, 0.5) is 5.69 Å². The average Bonchev–Trinajstić information content (AvgIpc) is 3.34. The van der Waals surface area contributed by atoms with Gasteiger partial charge in [-0.15, -0.1) is 0 Å². The second kappa shape index (κ2) is 9.13. The molecule has 0 unspecified atom stereocenters. The first-order chi connectivity index (χ1) is 15.1. The van der Waals surface area contributed by atoms with Crippen molar-refractivity contribution in [2.75, 3.05) is 5.32 Å². The number of carbonyl (C=O) groups is 2. The highest BCUT2D eigenvalue weighted by Crippen LogP contribution is 2.23. The molecule has 5 nitrogen and oxygen atoms in total. The van der Waals surface area contributed by atoms with Crippen LogP contribution < -0.4 is 10.6 Å². The van der Waals surface area contributed by atoms with Crippen molar-refractivity contribution < 1.29 is 14.0 Å². The van der Waals surface area contributed by atoms with Gasteiger partial charge in [-0.1, -0.05) is 60.2 Å². The summed E-state index contributed by atoms with van der Waals surface area (Å²) in [6.45, 7) is 2.03. The van der Waals surface area contributed by atoms with Gasteiger partial charge in [-0.25, -0.2) is 0 Å². The molecule has 0 saturated carbocycles. The van der Waals surface area contributed by atoms with Crippen LogP contribution in [0, 0.1) is 6.92 Å². The van der Waals surface area contributed by atoms with Crippen LogP contribution >= 0.6 is 0 Å². The van der Waals surface area contributed by atoms with Crippen molar-refractivity contribution in [3.63, 3.8) is 0 Å². The summed E-state index contributed by atoms with van der Waals surface area (Å²) in [5.41, 5.74) is 4.25. The number of anilines is 1. The van der Waals surface area contributed by atoms with E-state index in [4.69, 9.17) is 4.42 Å². The molecule has 154 valence electrons. The molecule has 1 aromatic heterocycles. The molecule has 0 aliphatic heterocycles. The topological polar surface area (TPSA) is 71.3 Å². The quantitative estimate of drug-likeness (QED) is 0.449. The van der Waals surface area contributed by atoms with Crippen molar-refractivity contribution in [2.45, 2.75) is 13.0 Å². The van der Waals surface area contributed by atoms with Crippen LogP contribution in [0.1, 0.15) is 43.6 Å². The van der Waals surface area contributed by atoms with Gasteiger partial charge in [-0.2, -0.15) is 0 Å². The maximum atomic E-state index is 13.0. The lowest BCUT2D eigenvalue weighted by molar-refractivity contribution is 0.0942. The fourth-order valence-corrected chi connectivity index (χ4v) is 3.28. The Kier molecular flexibility index (Phi) is 5.94. The summed E-state index contributed by atoms with van der Waals surface area (Å²) < 4.78 is 5.09. The second-order valence-electron chi connectivity index (χ2n) is 7.24. The molecule has 1 heterocycles. The van der Waals surface area contributed by atoms with Crippen molar-refractivity contribution in [3.05, 3.63) is 125 Å². The minimum atomic E-state index is -0.342. The lowest BCUT2D eigenvalue weighted by Crippen LogP contribution is -2.29. The molecule has 0 radical (unpaired) electrons. The molecule has 1 atom stereocenters. The van der Waals surface area contributed by atoms with Gasteiger partial charge < -0.3 is 15.1 Å². The lowest BCUT2D eigenvalue weighted by Gasteiger charge is -2.20. The first-order valence-corrected chi connectivity index (χ1v) is 9.97.